The molecule has 0 aliphatic rings. The summed E-state index contributed by atoms with van der Waals surface area (Å²) in [5.41, 5.74) is 0. The van der Waals surface area contributed by atoms with E-state index in [0.29, 0.717) is 6.42 Å². The molecule has 2 atom stereocenters. The van der Waals surface area contributed by atoms with E-state index in [1.807, 2.05) is 0 Å². The minimum Gasteiger partial charge on any atom is -0.481 e. The van der Waals surface area contributed by atoms with Gasteiger partial charge in [0, 0.05) is 32.7 Å². The zero-order chi connectivity index (χ0) is 31.1. The standard InChI is InChI=1S/C28H50N2O10S/c1-29-25(32)19-18-22(28(36)37)20-24(31)23(21-41(38,39)40)30-26(33)16-14-12-10-8-6-4-2-3-5-7-9-11-13-15-17-27(34)35/h22-23H,2-21H2,1H3,(H,29,32)(H,30,33)(H,34,35)(H,36,37)(H,38,39,40). The number of carboxylic acids is 2. The molecule has 0 bridgehead atoms. The maximum atomic E-state index is 12.6. The van der Waals surface area contributed by atoms with Gasteiger partial charge in [0.05, 0.1) is 5.92 Å². The molecule has 0 aromatic heterocycles. The minimum atomic E-state index is -4.62. The number of carbonyl (C=O) groups is 5. The molecule has 0 aliphatic carbocycles. The Labute approximate surface area is 244 Å². The van der Waals surface area contributed by atoms with E-state index in [4.69, 9.17) is 5.11 Å². The van der Waals surface area contributed by atoms with Gasteiger partial charge in [0.15, 0.2) is 5.78 Å². The van der Waals surface area contributed by atoms with Crippen molar-refractivity contribution in [2.75, 3.05) is 12.8 Å². The fraction of sp³-hybridized carbons (Fsp3) is 0.821. The Bertz CT molecular complexity index is 908. The number of ketones is 1. The molecule has 41 heavy (non-hydrogen) atoms. The van der Waals surface area contributed by atoms with Crippen molar-refractivity contribution < 1.29 is 47.2 Å². The molecule has 0 saturated heterocycles. The molecule has 5 N–H and O–H groups in total. The molecule has 238 valence electrons. The molecule has 0 heterocycles. The van der Waals surface area contributed by atoms with E-state index in [1.54, 1.807) is 0 Å². The number of Topliss-reactive ketones (excluding diaryl/α,β-unsaturated/α-hetero) is 1. The van der Waals surface area contributed by atoms with Crippen LogP contribution in [0, 0.1) is 5.92 Å². The van der Waals surface area contributed by atoms with Gasteiger partial charge in [-0.25, -0.2) is 0 Å². The normalized spacial score (nSPS) is 12.8. The molecule has 0 aromatic rings. The van der Waals surface area contributed by atoms with E-state index in [1.165, 1.54) is 32.7 Å². The molecular weight excluding hydrogens is 556 g/mol. The second-order valence-electron chi connectivity index (χ2n) is 10.6. The number of amides is 2. The lowest BCUT2D eigenvalue weighted by molar-refractivity contribution is -0.144. The van der Waals surface area contributed by atoms with Gasteiger partial charge in [-0.15, -0.1) is 0 Å². The average molecular weight is 607 g/mol. The van der Waals surface area contributed by atoms with Crippen LogP contribution < -0.4 is 10.6 Å². The van der Waals surface area contributed by atoms with Crippen molar-refractivity contribution in [3.05, 3.63) is 0 Å². The van der Waals surface area contributed by atoms with Gasteiger partial charge >= 0.3 is 11.9 Å². The first-order valence-electron chi connectivity index (χ1n) is 14.8. The Kier molecular flexibility index (Phi) is 21.6. The summed E-state index contributed by atoms with van der Waals surface area (Å²) in [5, 5.41) is 22.6. The Morgan fingerprint density at radius 2 is 1.10 bits per heavy atom. The highest BCUT2D eigenvalue weighted by Crippen LogP contribution is 2.16. The molecule has 0 fully saturated rings. The number of hydrogen-bond acceptors (Lipinski definition) is 7. The van der Waals surface area contributed by atoms with Crippen molar-refractivity contribution in [1.82, 2.24) is 10.6 Å². The Morgan fingerprint density at radius 3 is 1.49 bits per heavy atom. The third-order valence-electron chi connectivity index (χ3n) is 6.94. The van der Waals surface area contributed by atoms with Crippen molar-refractivity contribution >= 4 is 39.7 Å². The van der Waals surface area contributed by atoms with Crippen LogP contribution in [0.4, 0.5) is 0 Å². The lowest BCUT2D eigenvalue weighted by Gasteiger charge is -2.19. The number of unbranched alkanes of at least 4 members (excludes halogenated alkanes) is 13. The van der Waals surface area contributed by atoms with Gasteiger partial charge in [-0.3, -0.25) is 28.5 Å². The van der Waals surface area contributed by atoms with Gasteiger partial charge in [0.2, 0.25) is 11.8 Å². The summed E-state index contributed by atoms with van der Waals surface area (Å²) in [6.07, 6.45) is 13.8. The van der Waals surface area contributed by atoms with Crippen molar-refractivity contribution in [2.45, 2.75) is 128 Å². The Hall–Kier alpha value is -2.54. The van der Waals surface area contributed by atoms with Gasteiger partial charge in [-0.2, -0.15) is 8.42 Å². The van der Waals surface area contributed by atoms with Gasteiger partial charge in [0.25, 0.3) is 10.1 Å². The molecule has 0 spiro atoms. The highest BCUT2D eigenvalue weighted by Gasteiger charge is 2.30. The van der Waals surface area contributed by atoms with Gasteiger partial charge < -0.3 is 20.8 Å². The fourth-order valence-electron chi connectivity index (χ4n) is 4.50. The number of aliphatic carboxylic acids is 2. The monoisotopic (exact) mass is 606 g/mol. The van der Waals surface area contributed by atoms with Crippen molar-refractivity contribution in [1.29, 1.82) is 0 Å². The minimum absolute atomic E-state index is 0.0740. The number of hydrogen-bond donors (Lipinski definition) is 5. The molecule has 0 rings (SSSR count). The number of nitrogens with one attached hydrogen (secondary N) is 2. The van der Waals surface area contributed by atoms with Crippen LogP contribution in [0.1, 0.15) is 122 Å². The first kappa shape index (κ1) is 38.5. The summed E-state index contributed by atoms with van der Waals surface area (Å²) < 4.78 is 32.0. The van der Waals surface area contributed by atoms with Crippen LogP contribution in [-0.2, 0) is 34.1 Å². The smallest absolute Gasteiger partial charge is 0.306 e. The van der Waals surface area contributed by atoms with Crippen LogP contribution in [0.25, 0.3) is 0 Å². The van der Waals surface area contributed by atoms with Crippen molar-refractivity contribution in [3.63, 3.8) is 0 Å². The van der Waals surface area contributed by atoms with Crippen LogP contribution in [0.5, 0.6) is 0 Å². The van der Waals surface area contributed by atoms with E-state index in [0.717, 1.165) is 57.8 Å². The molecular formula is C28H50N2O10S. The van der Waals surface area contributed by atoms with Gasteiger partial charge in [-0.05, 0) is 19.3 Å². The fourth-order valence-corrected chi connectivity index (χ4v) is 5.19. The van der Waals surface area contributed by atoms with Crippen molar-refractivity contribution in [2.24, 2.45) is 5.92 Å². The first-order valence-corrected chi connectivity index (χ1v) is 16.4. The van der Waals surface area contributed by atoms with Crippen LogP contribution in [-0.4, -0.2) is 71.6 Å². The Balaban J connectivity index is 4.18. The topological polar surface area (TPSA) is 204 Å². The largest absolute Gasteiger partial charge is 0.481 e. The van der Waals surface area contributed by atoms with Crippen LogP contribution in [0.3, 0.4) is 0 Å². The first-order chi connectivity index (χ1) is 19.4. The van der Waals surface area contributed by atoms with E-state index < -0.39 is 63.8 Å². The zero-order valence-corrected chi connectivity index (χ0v) is 25.2. The molecule has 13 heteroatoms. The highest BCUT2D eigenvalue weighted by atomic mass is 32.2. The lowest BCUT2D eigenvalue weighted by atomic mass is 9.94. The average Bonchev–Trinajstić information content (AvgIpc) is 2.88. The van der Waals surface area contributed by atoms with Gasteiger partial charge in [0.1, 0.15) is 11.8 Å². The van der Waals surface area contributed by atoms with Crippen LogP contribution >= 0.6 is 0 Å². The summed E-state index contributed by atoms with van der Waals surface area (Å²) in [5.74, 6) is -6.12. The third kappa shape index (κ3) is 23.8. The third-order valence-corrected chi connectivity index (χ3v) is 7.70. The SMILES string of the molecule is CNC(=O)CCC(CC(=O)C(CS(=O)(=O)O)NC(=O)CCCCCCCCCCCCCCCCC(=O)O)C(=O)O. The van der Waals surface area contributed by atoms with Crippen LogP contribution in [0.15, 0.2) is 0 Å². The quantitative estimate of drug-likeness (QED) is 0.0674. The molecule has 2 unspecified atom stereocenters. The molecule has 12 nitrogen and oxygen atoms in total. The Morgan fingerprint density at radius 1 is 0.659 bits per heavy atom. The summed E-state index contributed by atoms with van der Waals surface area (Å²) in [4.78, 5) is 58.4. The maximum absolute atomic E-state index is 12.6. The maximum Gasteiger partial charge on any atom is 0.306 e. The number of rotatable bonds is 27. The molecule has 0 aliphatic heterocycles. The molecule has 0 saturated carbocycles. The van der Waals surface area contributed by atoms with E-state index in [2.05, 4.69) is 10.6 Å². The predicted octanol–water partition coefficient (Wildman–Crippen LogP) is 3.87. The lowest BCUT2D eigenvalue weighted by Crippen LogP contribution is -2.46. The van der Waals surface area contributed by atoms with E-state index in [-0.39, 0.29) is 25.7 Å². The molecule has 0 aromatic carbocycles. The number of carboxylic acid groups (broad SMARTS) is 2. The van der Waals surface area contributed by atoms with Crippen molar-refractivity contribution in [3.8, 4) is 0 Å². The van der Waals surface area contributed by atoms with E-state index in [9.17, 15) is 42.0 Å². The number of carbonyl (C=O) groups excluding carboxylic acids is 3. The predicted molar refractivity (Wildman–Crippen MR) is 154 cm³/mol. The second-order valence-corrected chi connectivity index (χ2v) is 12.1. The zero-order valence-electron chi connectivity index (χ0n) is 24.4. The van der Waals surface area contributed by atoms with Gasteiger partial charge in [-0.1, -0.05) is 77.0 Å². The molecule has 0 radical (unpaired) electrons. The summed E-state index contributed by atoms with van der Waals surface area (Å²) in [6.45, 7) is 0. The molecule has 2 amide bonds. The van der Waals surface area contributed by atoms with Crippen LogP contribution in [0.2, 0.25) is 0 Å². The summed E-state index contributed by atoms with van der Waals surface area (Å²) in [6, 6.07) is -1.57. The highest BCUT2D eigenvalue weighted by molar-refractivity contribution is 7.85. The summed E-state index contributed by atoms with van der Waals surface area (Å²) >= 11 is 0. The second kappa shape index (κ2) is 23.1. The summed E-state index contributed by atoms with van der Waals surface area (Å²) in [7, 11) is -3.23. The van der Waals surface area contributed by atoms with E-state index >= 15 is 0 Å².